The number of fused-ring (bicyclic) bond motifs is 1. The summed E-state index contributed by atoms with van der Waals surface area (Å²) >= 11 is 0. The molecule has 0 fully saturated rings. The predicted molar refractivity (Wildman–Crippen MR) is 151 cm³/mol. The molecule has 0 aliphatic rings. The van der Waals surface area contributed by atoms with E-state index in [2.05, 4.69) is 8.37 Å². The van der Waals surface area contributed by atoms with Crippen LogP contribution in [-0.4, -0.2) is 126 Å². The Bertz CT molecular complexity index is 2400. The van der Waals surface area contributed by atoms with E-state index in [4.69, 9.17) is 0 Å². The van der Waals surface area contributed by atoms with E-state index >= 15 is 0 Å². The maximum absolute atomic E-state index is 14.5. The van der Waals surface area contributed by atoms with Gasteiger partial charge in [0.15, 0.2) is 0 Å². The van der Waals surface area contributed by atoms with Gasteiger partial charge in [-0.2, -0.15) is 140 Å². The highest BCUT2D eigenvalue weighted by Crippen LogP contribution is 2.65. The first-order chi connectivity index (χ1) is 29.5. The van der Waals surface area contributed by atoms with Gasteiger partial charge < -0.3 is 0 Å². The minimum Gasteiger partial charge on any atom is -0.260 e. The molecule has 0 bridgehead atoms. The summed E-state index contributed by atoms with van der Waals surface area (Å²) in [7, 11) is -14.4. The van der Waals surface area contributed by atoms with Crippen molar-refractivity contribution in [3.8, 4) is 0 Å². The molecule has 0 spiro atoms. The SMILES string of the molecule is O=S(=O)(OCC(F)(F)C(F)(F)C(F)(F)C(F)(F)C(F)(F)C(F)(F)C(F)(F)C(F)F)c1ccc2ccccc2c1S(=O)(=O)OCC(F)(F)C(F)(F)C(F)(F)C(F)(F)C(F)(F)C(F)(F)C(F)(F)C(F)F. The molecule has 6 nitrogen and oxygen atoms in total. The van der Waals surface area contributed by atoms with E-state index in [1.807, 2.05) is 0 Å². The second kappa shape index (κ2) is 17.0. The maximum Gasteiger partial charge on any atom is 0.384 e. The Labute approximate surface area is 352 Å². The van der Waals surface area contributed by atoms with E-state index in [1.54, 1.807) is 0 Å². The van der Waals surface area contributed by atoms with Crippen LogP contribution in [0.3, 0.4) is 0 Å². The monoisotopic (exact) mass is 1120 g/mol. The van der Waals surface area contributed by atoms with E-state index in [9.17, 15) is 157 Å². The lowest BCUT2D eigenvalue weighted by molar-refractivity contribution is -0.447. The topological polar surface area (TPSA) is 86.7 Å². The third-order valence-electron chi connectivity index (χ3n) is 8.61. The molecule has 0 radical (unpaired) electrons. The van der Waals surface area contributed by atoms with Crippen molar-refractivity contribution in [1.29, 1.82) is 0 Å². The molecular formula is C28H12F32O6S2. The van der Waals surface area contributed by atoms with Gasteiger partial charge in [0.1, 0.15) is 23.0 Å². The van der Waals surface area contributed by atoms with Crippen molar-refractivity contribution in [3.63, 3.8) is 0 Å². The minimum absolute atomic E-state index is 0.141. The zero-order valence-electron chi connectivity index (χ0n) is 30.4. The van der Waals surface area contributed by atoms with Crippen molar-refractivity contribution in [2.24, 2.45) is 0 Å². The molecule has 0 amide bonds. The normalized spacial score (nSPS) is 16.1. The quantitative estimate of drug-likeness (QED) is 0.0862. The van der Waals surface area contributed by atoms with E-state index in [1.165, 1.54) is 0 Å². The van der Waals surface area contributed by atoms with Crippen LogP contribution in [0, 0.1) is 0 Å². The first kappa shape index (κ1) is 60.4. The fraction of sp³-hybridized carbons (Fsp3) is 0.643. The summed E-state index contributed by atoms with van der Waals surface area (Å²) in [6.07, 6.45) is -12.5. The maximum atomic E-state index is 14.5. The third kappa shape index (κ3) is 8.46. The second-order valence-corrected chi connectivity index (χ2v) is 16.2. The predicted octanol–water partition coefficient (Wildman–Crippen LogP) is 11.7. The summed E-state index contributed by atoms with van der Waals surface area (Å²) in [4.78, 5) is -5.41. The Morgan fingerprint density at radius 1 is 0.368 bits per heavy atom. The molecule has 2 aromatic rings. The van der Waals surface area contributed by atoms with Crippen molar-refractivity contribution in [2.45, 2.75) is 106 Å². The van der Waals surface area contributed by atoms with Crippen molar-refractivity contribution in [2.75, 3.05) is 13.2 Å². The van der Waals surface area contributed by atoms with Crippen molar-refractivity contribution in [1.82, 2.24) is 0 Å². The van der Waals surface area contributed by atoms with Gasteiger partial charge in [0.25, 0.3) is 20.2 Å². The molecule has 68 heavy (non-hydrogen) atoms. The van der Waals surface area contributed by atoms with Gasteiger partial charge >= 0.3 is 95.8 Å². The van der Waals surface area contributed by atoms with E-state index in [-0.39, 0.29) is 12.1 Å². The van der Waals surface area contributed by atoms with E-state index < -0.39 is 156 Å². The van der Waals surface area contributed by atoms with Gasteiger partial charge in [0.2, 0.25) is 0 Å². The number of rotatable bonds is 22. The van der Waals surface area contributed by atoms with Crippen molar-refractivity contribution < 1.29 is 166 Å². The molecular weight excluding hydrogens is 1100 g/mol. The summed E-state index contributed by atoms with van der Waals surface area (Å²) in [6.45, 7) is -8.68. The van der Waals surface area contributed by atoms with E-state index in [0.29, 0.717) is 12.1 Å². The number of benzene rings is 2. The Hall–Kier alpha value is -3.72. The van der Waals surface area contributed by atoms with Gasteiger partial charge in [-0.3, -0.25) is 8.37 Å². The van der Waals surface area contributed by atoms with Crippen LogP contribution in [0.4, 0.5) is 140 Å². The lowest BCUT2D eigenvalue weighted by Gasteiger charge is -2.42. The fourth-order valence-electron chi connectivity index (χ4n) is 4.62. The number of alkyl halides is 32. The van der Waals surface area contributed by atoms with Gasteiger partial charge in [-0.25, -0.2) is 17.6 Å². The lowest BCUT2D eigenvalue weighted by Crippen LogP contribution is -2.74. The van der Waals surface area contributed by atoms with E-state index in [0.717, 1.165) is 6.07 Å². The van der Waals surface area contributed by atoms with Crippen LogP contribution < -0.4 is 0 Å². The molecule has 0 aromatic heterocycles. The van der Waals surface area contributed by atoms with Gasteiger partial charge in [0.05, 0.1) is 0 Å². The summed E-state index contributed by atoms with van der Waals surface area (Å²) in [5.74, 6) is -119. The number of halogens is 32. The highest BCUT2D eigenvalue weighted by molar-refractivity contribution is 7.90. The molecule has 0 aliphatic heterocycles. The Morgan fingerprint density at radius 2 is 0.647 bits per heavy atom. The highest BCUT2D eigenvalue weighted by atomic mass is 32.2. The minimum atomic E-state index is -9.06. The summed E-state index contributed by atoms with van der Waals surface area (Å²) < 4.78 is 496. The molecule has 0 N–H and O–H groups in total. The first-order valence-corrected chi connectivity index (χ1v) is 18.5. The average Bonchev–Trinajstić information content (AvgIpc) is 3.17. The molecule has 0 atom stereocenters. The molecule has 40 heteroatoms. The van der Waals surface area contributed by atoms with Crippen LogP contribution in [0.15, 0.2) is 46.2 Å². The van der Waals surface area contributed by atoms with Gasteiger partial charge in [-0.1, -0.05) is 30.3 Å². The Morgan fingerprint density at radius 3 is 0.971 bits per heavy atom. The summed E-state index contributed by atoms with van der Waals surface area (Å²) in [5.41, 5.74) is 0. The lowest BCUT2D eigenvalue weighted by atomic mass is 9.89. The van der Waals surface area contributed by atoms with Crippen LogP contribution in [-0.2, 0) is 28.6 Å². The van der Waals surface area contributed by atoms with Crippen LogP contribution >= 0.6 is 0 Å². The number of hydrogen-bond acceptors (Lipinski definition) is 6. The Kier molecular flexibility index (Phi) is 15.1. The largest absolute Gasteiger partial charge is 0.384 e. The van der Waals surface area contributed by atoms with Gasteiger partial charge in [0, 0.05) is 5.39 Å². The van der Waals surface area contributed by atoms with Crippen LogP contribution in [0.2, 0.25) is 0 Å². The van der Waals surface area contributed by atoms with Gasteiger partial charge in [-0.15, -0.1) is 0 Å². The second-order valence-electron chi connectivity index (χ2n) is 13.0. The summed E-state index contributed by atoms with van der Waals surface area (Å²) in [6, 6.07) is 1.54. The smallest absolute Gasteiger partial charge is 0.260 e. The zero-order valence-corrected chi connectivity index (χ0v) is 32.0. The summed E-state index contributed by atoms with van der Waals surface area (Å²) in [5, 5.41) is -2.49. The molecule has 0 unspecified atom stereocenters. The van der Waals surface area contributed by atoms with Crippen LogP contribution in [0.25, 0.3) is 10.8 Å². The molecule has 396 valence electrons. The Balaban J connectivity index is 2.71. The molecule has 0 aliphatic carbocycles. The fourth-order valence-corrected chi connectivity index (χ4v) is 7.42. The van der Waals surface area contributed by atoms with Crippen LogP contribution in [0.5, 0.6) is 0 Å². The average molecular weight is 1120 g/mol. The van der Waals surface area contributed by atoms with Crippen molar-refractivity contribution >= 4 is 31.0 Å². The third-order valence-corrected chi connectivity index (χ3v) is 11.4. The molecule has 0 heterocycles. The van der Waals surface area contributed by atoms with Crippen molar-refractivity contribution in [3.05, 3.63) is 36.4 Å². The molecule has 2 rings (SSSR count). The molecule has 2 aromatic carbocycles. The standard InChI is InChI=1S/C28H12F32O6S2/c29-13(30)17(37,38)21(45,46)25(53,54)27(57,58)23(49,50)19(41,42)15(33,34)7-65-67(61,62)11-6-5-9-3-1-2-4-10(9)12(11)68(63,64)66-8-16(35,36)20(43,44)24(51,52)28(59,60)26(55,56)22(47,48)18(39,40)14(31)32/h1-6,13-14H,7-8H2. The van der Waals surface area contributed by atoms with Crippen LogP contribution in [0.1, 0.15) is 0 Å². The molecule has 0 saturated heterocycles. The molecule has 0 saturated carbocycles. The zero-order chi connectivity index (χ0) is 54.5. The first-order valence-electron chi connectivity index (χ1n) is 15.7. The van der Waals surface area contributed by atoms with Gasteiger partial charge in [-0.05, 0) is 11.5 Å². The number of hydrogen-bond donors (Lipinski definition) is 0. The highest BCUT2D eigenvalue weighted by Gasteiger charge is 2.95.